The van der Waals surface area contributed by atoms with Crippen LogP contribution in [0.2, 0.25) is 0 Å². The van der Waals surface area contributed by atoms with Crippen molar-refractivity contribution >= 4 is 11.3 Å². The summed E-state index contributed by atoms with van der Waals surface area (Å²) in [5.41, 5.74) is 1.70. The molecule has 2 aromatic rings. The Morgan fingerprint density at radius 1 is 1.45 bits per heavy atom. The molecule has 4 nitrogen and oxygen atoms in total. The molecule has 0 radical (unpaired) electrons. The highest BCUT2D eigenvalue weighted by Gasteiger charge is 2.09. The minimum atomic E-state index is 0.136. The Kier molecular flexibility index (Phi) is 5.69. The number of thiophene rings is 1. The number of nitrogens with zero attached hydrogens (tertiary/aromatic N) is 2. The minimum absolute atomic E-state index is 0.136. The quantitative estimate of drug-likeness (QED) is 0.817. The van der Waals surface area contributed by atoms with Crippen molar-refractivity contribution in [3.8, 4) is 6.07 Å². The summed E-state index contributed by atoms with van der Waals surface area (Å²) in [6, 6.07) is 9.84. The fourth-order valence-corrected chi connectivity index (χ4v) is 2.73. The highest BCUT2D eigenvalue weighted by atomic mass is 32.1. The third-order valence-corrected chi connectivity index (χ3v) is 3.93. The Labute approximate surface area is 122 Å². The lowest BCUT2D eigenvalue weighted by Gasteiger charge is -2.14. The zero-order chi connectivity index (χ0) is 14.2. The van der Waals surface area contributed by atoms with Crippen LogP contribution in [-0.4, -0.2) is 23.2 Å². The van der Waals surface area contributed by atoms with Gasteiger partial charge in [0.25, 0.3) is 0 Å². The van der Waals surface area contributed by atoms with Crippen LogP contribution in [0.25, 0.3) is 0 Å². The van der Waals surface area contributed by atoms with Crippen LogP contribution in [-0.2, 0) is 13.0 Å². The van der Waals surface area contributed by atoms with Gasteiger partial charge >= 0.3 is 0 Å². The molecule has 2 N–H and O–H groups in total. The molecule has 2 aromatic heterocycles. The monoisotopic (exact) mass is 287 g/mol. The molecular weight excluding hydrogens is 270 g/mol. The third kappa shape index (κ3) is 4.42. The smallest absolute Gasteiger partial charge is 0.100 e. The van der Waals surface area contributed by atoms with Crippen LogP contribution < -0.4 is 5.32 Å². The SMILES string of the molecule is N#Cc1csc(CNCC(CO)Cc2ccccn2)c1. The maximum absolute atomic E-state index is 9.42. The summed E-state index contributed by atoms with van der Waals surface area (Å²) in [6.45, 7) is 1.59. The molecule has 104 valence electrons. The molecule has 0 aliphatic rings. The van der Waals surface area contributed by atoms with E-state index >= 15 is 0 Å². The van der Waals surface area contributed by atoms with Crippen molar-refractivity contribution < 1.29 is 5.11 Å². The average Bonchev–Trinajstić information content (AvgIpc) is 2.95. The fourth-order valence-electron chi connectivity index (χ4n) is 1.95. The first-order valence-corrected chi connectivity index (χ1v) is 7.38. The average molecular weight is 287 g/mol. The number of aliphatic hydroxyl groups excluding tert-OH is 1. The first-order valence-electron chi connectivity index (χ1n) is 6.51. The van der Waals surface area contributed by atoms with Crippen LogP contribution in [0.5, 0.6) is 0 Å². The van der Waals surface area contributed by atoms with E-state index in [1.807, 2.05) is 29.6 Å². The lowest BCUT2D eigenvalue weighted by molar-refractivity contribution is 0.221. The Bertz CT molecular complexity index is 562. The van der Waals surface area contributed by atoms with Gasteiger partial charge in [-0.05, 0) is 30.5 Å². The summed E-state index contributed by atoms with van der Waals surface area (Å²) in [5, 5.41) is 23.4. The molecule has 0 saturated carbocycles. The lowest BCUT2D eigenvalue weighted by Crippen LogP contribution is -2.26. The summed E-state index contributed by atoms with van der Waals surface area (Å²) < 4.78 is 0. The molecule has 0 aliphatic heterocycles. The number of rotatable bonds is 7. The molecule has 0 saturated heterocycles. The number of nitrogens with one attached hydrogen (secondary N) is 1. The second-order valence-electron chi connectivity index (χ2n) is 4.62. The molecule has 0 spiro atoms. The zero-order valence-electron chi connectivity index (χ0n) is 11.1. The molecule has 1 atom stereocenters. The van der Waals surface area contributed by atoms with Crippen molar-refractivity contribution in [2.24, 2.45) is 5.92 Å². The number of hydrogen-bond acceptors (Lipinski definition) is 5. The van der Waals surface area contributed by atoms with Gasteiger partial charge in [0, 0.05) is 41.8 Å². The zero-order valence-corrected chi connectivity index (χ0v) is 11.9. The van der Waals surface area contributed by atoms with E-state index in [1.165, 1.54) is 0 Å². The molecule has 2 heterocycles. The van der Waals surface area contributed by atoms with E-state index in [4.69, 9.17) is 5.26 Å². The summed E-state index contributed by atoms with van der Waals surface area (Å²) in [7, 11) is 0. The highest BCUT2D eigenvalue weighted by molar-refractivity contribution is 7.10. The second-order valence-corrected chi connectivity index (χ2v) is 5.61. The number of aromatic nitrogens is 1. The molecule has 0 fully saturated rings. The maximum Gasteiger partial charge on any atom is 0.100 e. The fraction of sp³-hybridized carbons (Fsp3) is 0.333. The molecule has 2 rings (SSSR count). The van der Waals surface area contributed by atoms with Gasteiger partial charge in [-0.25, -0.2) is 0 Å². The maximum atomic E-state index is 9.42. The van der Waals surface area contributed by atoms with Crippen LogP contribution in [0.4, 0.5) is 0 Å². The molecule has 20 heavy (non-hydrogen) atoms. The van der Waals surface area contributed by atoms with Crippen molar-refractivity contribution in [1.29, 1.82) is 5.26 Å². The summed E-state index contributed by atoms with van der Waals surface area (Å²) in [5.74, 6) is 0.153. The van der Waals surface area contributed by atoms with Gasteiger partial charge in [0.1, 0.15) is 6.07 Å². The van der Waals surface area contributed by atoms with E-state index in [0.717, 1.165) is 30.1 Å². The topological polar surface area (TPSA) is 68.9 Å². The van der Waals surface area contributed by atoms with Crippen molar-refractivity contribution in [1.82, 2.24) is 10.3 Å². The van der Waals surface area contributed by atoms with Crippen LogP contribution >= 0.6 is 11.3 Å². The van der Waals surface area contributed by atoms with Gasteiger partial charge in [-0.2, -0.15) is 5.26 Å². The molecule has 5 heteroatoms. The predicted molar refractivity (Wildman–Crippen MR) is 79.3 cm³/mol. The van der Waals surface area contributed by atoms with Crippen LogP contribution in [0.1, 0.15) is 16.1 Å². The van der Waals surface area contributed by atoms with E-state index < -0.39 is 0 Å². The van der Waals surface area contributed by atoms with Crippen LogP contribution in [0.3, 0.4) is 0 Å². The molecule has 0 amide bonds. The van der Waals surface area contributed by atoms with Gasteiger partial charge in [0.05, 0.1) is 5.56 Å². The van der Waals surface area contributed by atoms with Crippen molar-refractivity contribution in [2.75, 3.05) is 13.2 Å². The van der Waals surface area contributed by atoms with Gasteiger partial charge in [-0.3, -0.25) is 4.98 Å². The van der Waals surface area contributed by atoms with Crippen molar-refractivity contribution in [3.05, 3.63) is 52.0 Å². The summed E-state index contributed by atoms with van der Waals surface area (Å²) >= 11 is 1.58. The predicted octanol–water partition coefficient (Wildman–Crippen LogP) is 1.96. The van der Waals surface area contributed by atoms with Gasteiger partial charge < -0.3 is 10.4 Å². The number of hydrogen-bond donors (Lipinski definition) is 2. The molecular formula is C15H17N3OS. The van der Waals surface area contributed by atoms with Crippen LogP contribution in [0.15, 0.2) is 35.8 Å². The molecule has 0 bridgehead atoms. The normalized spacial score (nSPS) is 12.0. The minimum Gasteiger partial charge on any atom is -0.396 e. The molecule has 0 aromatic carbocycles. The van der Waals surface area contributed by atoms with Gasteiger partial charge in [-0.1, -0.05) is 6.07 Å². The summed E-state index contributed by atoms with van der Waals surface area (Å²) in [4.78, 5) is 5.41. The lowest BCUT2D eigenvalue weighted by atomic mass is 10.0. The highest BCUT2D eigenvalue weighted by Crippen LogP contribution is 2.13. The van der Waals surface area contributed by atoms with E-state index in [2.05, 4.69) is 16.4 Å². The third-order valence-electron chi connectivity index (χ3n) is 3.00. The van der Waals surface area contributed by atoms with Gasteiger partial charge in [0.15, 0.2) is 0 Å². The largest absolute Gasteiger partial charge is 0.396 e. The Hall–Kier alpha value is -1.74. The van der Waals surface area contributed by atoms with Gasteiger partial charge in [-0.15, -0.1) is 11.3 Å². The first kappa shape index (κ1) is 14.7. The molecule has 1 unspecified atom stereocenters. The summed E-state index contributed by atoms with van der Waals surface area (Å²) in [6.07, 6.45) is 2.53. The Morgan fingerprint density at radius 2 is 2.35 bits per heavy atom. The second kappa shape index (κ2) is 7.75. The van der Waals surface area contributed by atoms with E-state index in [0.29, 0.717) is 5.56 Å². The standard InChI is InChI=1S/C15H17N3OS/c16-7-12-6-15(20-11-12)9-17-8-13(10-19)5-14-3-1-2-4-18-14/h1-4,6,11,13,17,19H,5,8-10H2. The van der Waals surface area contributed by atoms with E-state index in [9.17, 15) is 5.11 Å². The van der Waals surface area contributed by atoms with Crippen molar-refractivity contribution in [3.63, 3.8) is 0 Å². The van der Waals surface area contributed by atoms with Crippen LogP contribution in [0, 0.1) is 17.2 Å². The Balaban J connectivity index is 1.78. The van der Waals surface area contributed by atoms with E-state index in [-0.39, 0.29) is 12.5 Å². The number of nitriles is 1. The molecule has 0 aliphatic carbocycles. The number of pyridine rings is 1. The first-order chi connectivity index (χ1) is 9.81. The van der Waals surface area contributed by atoms with Crippen molar-refractivity contribution in [2.45, 2.75) is 13.0 Å². The van der Waals surface area contributed by atoms with Gasteiger partial charge in [0.2, 0.25) is 0 Å². The Morgan fingerprint density at radius 3 is 3.00 bits per heavy atom. The number of aliphatic hydroxyl groups is 1. The van der Waals surface area contributed by atoms with E-state index in [1.54, 1.807) is 17.5 Å².